The lowest BCUT2D eigenvalue weighted by Crippen LogP contribution is -2.43. The number of fused-ring (bicyclic) bond motifs is 5. The maximum atomic E-state index is 12.7. The zero-order chi connectivity index (χ0) is 19.9. The van der Waals surface area contributed by atoms with Crippen LogP contribution in [0.5, 0.6) is 0 Å². The van der Waals surface area contributed by atoms with E-state index in [2.05, 4.69) is 34.7 Å². The van der Waals surface area contributed by atoms with Crippen molar-refractivity contribution in [3.05, 3.63) is 12.2 Å². The summed E-state index contributed by atoms with van der Waals surface area (Å²) < 4.78 is 5.55. The van der Waals surface area contributed by atoms with Crippen LogP contribution in [-0.2, 0) is 14.3 Å². The van der Waals surface area contributed by atoms with E-state index in [1.807, 2.05) is 6.92 Å². The number of ether oxygens (including phenoxy) is 1. The van der Waals surface area contributed by atoms with Crippen LogP contribution in [-0.4, -0.2) is 62.1 Å². The molecule has 4 atom stereocenters. The molecule has 0 aromatic carbocycles. The van der Waals surface area contributed by atoms with Gasteiger partial charge in [0.2, 0.25) is 11.8 Å². The predicted octanol–water partition coefficient (Wildman–Crippen LogP) is 2.17. The number of nitrogens with zero attached hydrogens (tertiary/aromatic N) is 2. The molecule has 2 amide bonds. The van der Waals surface area contributed by atoms with Crippen LogP contribution in [0.1, 0.15) is 39.5 Å². The van der Waals surface area contributed by atoms with Crippen molar-refractivity contribution >= 4 is 41.8 Å². The highest BCUT2D eigenvalue weighted by Gasteiger charge is 2.58. The Balaban J connectivity index is 0.00000300. The van der Waals surface area contributed by atoms with E-state index in [1.54, 1.807) is 0 Å². The second kappa shape index (κ2) is 11.9. The van der Waals surface area contributed by atoms with Crippen molar-refractivity contribution in [2.75, 3.05) is 39.4 Å². The van der Waals surface area contributed by atoms with E-state index < -0.39 is 0 Å². The Morgan fingerprint density at radius 2 is 1.76 bits per heavy atom. The van der Waals surface area contributed by atoms with Gasteiger partial charge in [0.1, 0.15) is 0 Å². The van der Waals surface area contributed by atoms with Crippen molar-refractivity contribution in [3.63, 3.8) is 0 Å². The Morgan fingerprint density at radius 1 is 1.10 bits per heavy atom. The summed E-state index contributed by atoms with van der Waals surface area (Å²) in [6, 6.07) is 0. The Morgan fingerprint density at radius 3 is 2.38 bits per heavy atom. The summed E-state index contributed by atoms with van der Waals surface area (Å²) in [4.78, 5) is 31.4. The van der Waals surface area contributed by atoms with Crippen molar-refractivity contribution in [2.45, 2.75) is 39.5 Å². The fourth-order valence-electron chi connectivity index (χ4n) is 4.52. The van der Waals surface area contributed by atoms with Crippen LogP contribution in [0.25, 0.3) is 0 Å². The van der Waals surface area contributed by atoms with Crippen LogP contribution in [0.3, 0.4) is 0 Å². The van der Waals surface area contributed by atoms with E-state index >= 15 is 0 Å². The highest BCUT2D eigenvalue weighted by atomic mass is 127. The van der Waals surface area contributed by atoms with Crippen molar-refractivity contribution in [2.24, 2.45) is 28.7 Å². The minimum Gasteiger partial charge on any atom is -0.381 e. The SMILES string of the molecule is CCCCOCCCN=C(NCC)NCCN1C(=O)C2C3C=CC(C3)C2C1=O.I. The highest BCUT2D eigenvalue weighted by Crippen LogP contribution is 2.52. The molecular weight excluding hydrogens is 483 g/mol. The van der Waals surface area contributed by atoms with Gasteiger partial charge in [0, 0.05) is 39.4 Å². The number of rotatable bonds is 11. The first-order chi connectivity index (χ1) is 13.7. The van der Waals surface area contributed by atoms with Crippen LogP contribution in [0.2, 0.25) is 0 Å². The predicted molar refractivity (Wildman–Crippen MR) is 124 cm³/mol. The maximum Gasteiger partial charge on any atom is 0.233 e. The molecule has 2 aliphatic carbocycles. The first kappa shape index (κ1) is 24.1. The lowest BCUT2D eigenvalue weighted by molar-refractivity contribution is -0.140. The minimum atomic E-state index is -0.114. The van der Waals surface area contributed by atoms with Crippen molar-refractivity contribution < 1.29 is 14.3 Å². The van der Waals surface area contributed by atoms with Gasteiger partial charge in [-0.1, -0.05) is 25.5 Å². The number of aliphatic imine (C=N–C) groups is 1. The quantitative estimate of drug-likeness (QED) is 0.109. The summed E-state index contributed by atoms with van der Waals surface area (Å²) in [6.07, 6.45) is 8.34. The molecule has 2 bridgehead atoms. The van der Waals surface area contributed by atoms with Gasteiger partial charge in [0.25, 0.3) is 0 Å². The fraction of sp³-hybridized carbons (Fsp3) is 0.762. The molecule has 7 nitrogen and oxygen atoms in total. The number of imide groups is 1. The third-order valence-electron chi connectivity index (χ3n) is 5.89. The summed E-state index contributed by atoms with van der Waals surface area (Å²) >= 11 is 0. The van der Waals surface area contributed by atoms with Crippen molar-refractivity contribution in [3.8, 4) is 0 Å². The number of likely N-dealkylation sites (tertiary alicyclic amines) is 1. The average Bonchev–Trinajstić information content (AvgIpc) is 3.36. The van der Waals surface area contributed by atoms with E-state index in [9.17, 15) is 9.59 Å². The number of unbranched alkanes of at least 4 members (excludes halogenated alkanes) is 1. The largest absolute Gasteiger partial charge is 0.381 e. The smallest absolute Gasteiger partial charge is 0.233 e. The van der Waals surface area contributed by atoms with Gasteiger partial charge in [-0.15, -0.1) is 24.0 Å². The summed E-state index contributed by atoms with van der Waals surface area (Å²) in [5.41, 5.74) is 0. The molecule has 2 fully saturated rings. The number of halogens is 1. The molecule has 1 heterocycles. The second-order valence-electron chi connectivity index (χ2n) is 7.83. The molecule has 0 radical (unpaired) electrons. The van der Waals surface area contributed by atoms with Crippen LogP contribution < -0.4 is 10.6 Å². The van der Waals surface area contributed by atoms with Gasteiger partial charge < -0.3 is 15.4 Å². The molecule has 2 N–H and O–H groups in total. The zero-order valence-electron chi connectivity index (χ0n) is 17.6. The number of hydrogen-bond acceptors (Lipinski definition) is 4. The van der Waals surface area contributed by atoms with E-state index in [1.165, 1.54) is 4.90 Å². The Bertz CT molecular complexity index is 595. The van der Waals surface area contributed by atoms with Crippen LogP contribution in [0.4, 0.5) is 0 Å². The third-order valence-corrected chi connectivity index (χ3v) is 5.89. The highest BCUT2D eigenvalue weighted by molar-refractivity contribution is 14.0. The molecule has 3 aliphatic rings. The van der Waals surface area contributed by atoms with Crippen molar-refractivity contribution in [1.82, 2.24) is 15.5 Å². The number of amides is 2. The second-order valence-corrected chi connectivity index (χ2v) is 7.83. The van der Waals surface area contributed by atoms with Gasteiger partial charge in [-0.2, -0.15) is 0 Å². The number of allylic oxidation sites excluding steroid dienone is 2. The van der Waals surface area contributed by atoms with Gasteiger partial charge >= 0.3 is 0 Å². The molecule has 164 valence electrons. The van der Waals surface area contributed by atoms with Gasteiger partial charge in [-0.3, -0.25) is 19.5 Å². The van der Waals surface area contributed by atoms with Crippen LogP contribution in [0.15, 0.2) is 17.1 Å². The molecule has 1 saturated heterocycles. The maximum absolute atomic E-state index is 12.7. The molecule has 0 aromatic rings. The number of nitrogens with one attached hydrogen (secondary N) is 2. The van der Waals surface area contributed by atoms with Crippen LogP contribution >= 0.6 is 24.0 Å². The number of carbonyl (C=O) groups excluding carboxylic acids is 2. The zero-order valence-corrected chi connectivity index (χ0v) is 19.9. The van der Waals surface area contributed by atoms with Gasteiger partial charge in [0.05, 0.1) is 11.8 Å². The molecule has 1 aliphatic heterocycles. The minimum absolute atomic E-state index is 0. The summed E-state index contributed by atoms with van der Waals surface area (Å²) in [5.74, 6) is 1.05. The summed E-state index contributed by atoms with van der Waals surface area (Å²) in [7, 11) is 0. The Hall–Kier alpha value is -1.16. The van der Waals surface area contributed by atoms with Gasteiger partial charge in [0.15, 0.2) is 5.96 Å². The van der Waals surface area contributed by atoms with E-state index in [0.717, 1.165) is 51.4 Å². The summed E-state index contributed by atoms with van der Waals surface area (Å²) in [5, 5.41) is 6.45. The van der Waals surface area contributed by atoms with Crippen LogP contribution in [0, 0.1) is 23.7 Å². The van der Waals surface area contributed by atoms with E-state index in [0.29, 0.717) is 19.6 Å². The molecule has 1 saturated carbocycles. The monoisotopic (exact) mass is 518 g/mol. The lowest BCUT2D eigenvalue weighted by atomic mass is 9.85. The molecule has 29 heavy (non-hydrogen) atoms. The number of guanidine groups is 1. The lowest BCUT2D eigenvalue weighted by Gasteiger charge is -2.18. The summed E-state index contributed by atoms with van der Waals surface area (Å²) in [6.45, 7) is 8.06. The standard InChI is InChI=1S/C21H34N4O3.HI/c1-3-5-12-28-13-6-9-23-21(22-4-2)24-10-11-25-19(26)17-15-7-8-16(14-15)18(17)20(25)27;/h7-8,15-18H,3-6,9-14H2,1-2H3,(H2,22,23,24);1H. The Kier molecular flexibility index (Phi) is 9.88. The molecule has 4 unspecified atom stereocenters. The van der Waals surface area contributed by atoms with E-state index in [4.69, 9.17) is 4.74 Å². The first-order valence-corrected chi connectivity index (χ1v) is 10.8. The number of carbonyl (C=O) groups is 2. The molecular formula is C21H35IN4O3. The third kappa shape index (κ3) is 5.71. The van der Waals surface area contributed by atoms with Gasteiger partial charge in [-0.05, 0) is 38.0 Å². The normalized spacial score (nSPS) is 27.4. The molecule has 8 heteroatoms. The number of hydrogen-bond donors (Lipinski definition) is 2. The average molecular weight is 518 g/mol. The molecule has 0 spiro atoms. The topological polar surface area (TPSA) is 83.0 Å². The first-order valence-electron chi connectivity index (χ1n) is 10.8. The van der Waals surface area contributed by atoms with Crippen molar-refractivity contribution in [1.29, 1.82) is 0 Å². The molecule has 0 aromatic heterocycles. The molecule has 3 rings (SSSR count). The van der Waals surface area contributed by atoms with E-state index in [-0.39, 0.29) is 59.5 Å². The fourth-order valence-corrected chi connectivity index (χ4v) is 4.52. The Labute approximate surface area is 191 Å². The van der Waals surface area contributed by atoms with Gasteiger partial charge in [-0.25, -0.2) is 0 Å².